The van der Waals surface area contributed by atoms with E-state index in [0.29, 0.717) is 13.0 Å². The lowest BCUT2D eigenvalue weighted by atomic mass is 10.1. The monoisotopic (exact) mass is 307 g/mol. The minimum Gasteiger partial charge on any atom is -0.469 e. The Bertz CT molecular complexity index is 410. The van der Waals surface area contributed by atoms with Gasteiger partial charge >= 0.3 is 5.97 Å². The molecule has 0 saturated heterocycles. The summed E-state index contributed by atoms with van der Waals surface area (Å²) >= 11 is 0. The first-order valence-electron chi connectivity index (χ1n) is 6.98. The molecule has 0 radical (unpaired) electrons. The molecule has 1 unspecified atom stereocenters. The number of carbonyl (C=O) groups excluding carboxylic acids is 1. The molecule has 0 amide bonds. The van der Waals surface area contributed by atoms with Gasteiger partial charge in [-0.3, -0.25) is 4.79 Å². The zero-order valence-corrected chi connectivity index (χ0v) is 13.0. The van der Waals surface area contributed by atoms with Crippen molar-refractivity contribution in [3.8, 4) is 0 Å². The molecule has 0 bridgehead atoms. The Hall–Kier alpha value is -0.660. The number of methoxy groups -OCH3 is 1. The van der Waals surface area contributed by atoms with E-state index in [9.17, 15) is 13.2 Å². The SMILES string of the molecule is CCNC(CCO)CS(=O)(=O)CC1(CC(=O)OC)CC1. The van der Waals surface area contributed by atoms with Crippen LogP contribution in [0.25, 0.3) is 0 Å². The molecule has 118 valence electrons. The van der Waals surface area contributed by atoms with Crippen molar-refractivity contribution in [2.24, 2.45) is 5.41 Å². The Morgan fingerprint density at radius 1 is 1.45 bits per heavy atom. The van der Waals surface area contributed by atoms with E-state index in [4.69, 9.17) is 5.11 Å². The van der Waals surface area contributed by atoms with Crippen molar-refractivity contribution in [2.75, 3.05) is 31.8 Å². The van der Waals surface area contributed by atoms with Gasteiger partial charge in [0.15, 0.2) is 9.84 Å². The molecular formula is C13H25NO5S. The van der Waals surface area contributed by atoms with E-state index in [1.54, 1.807) is 0 Å². The fourth-order valence-corrected chi connectivity index (χ4v) is 4.79. The third-order valence-electron chi connectivity index (χ3n) is 3.66. The van der Waals surface area contributed by atoms with E-state index in [1.165, 1.54) is 7.11 Å². The largest absolute Gasteiger partial charge is 0.469 e. The first-order chi connectivity index (χ1) is 9.36. The Kier molecular flexibility index (Phi) is 6.42. The van der Waals surface area contributed by atoms with Crippen LogP contribution in [-0.2, 0) is 19.4 Å². The van der Waals surface area contributed by atoms with Gasteiger partial charge in [0, 0.05) is 12.6 Å². The number of aliphatic hydroxyl groups excluding tert-OH is 1. The van der Waals surface area contributed by atoms with Crippen molar-refractivity contribution in [1.29, 1.82) is 0 Å². The number of hydrogen-bond acceptors (Lipinski definition) is 6. The summed E-state index contributed by atoms with van der Waals surface area (Å²) in [5.41, 5.74) is -0.415. The number of rotatable bonds is 10. The van der Waals surface area contributed by atoms with Gasteiger partial charge in [-0.25, -0.2) is 8.42 Å². The molecule has 1 aliphatic rings. The summed E-state index contributed by atoms with van der Waals surface area (Å²) in [7, 11) is -1.94. The van der Waals surface area contributed by atoms with E-state index in [0.717, 1.165) is 12.8 Å². The molecule has 0 spiro atoms. The van der Waals surface area contributed by atoms with Crippen LogP contribution in [0.15, 0.2) is 0 Å². The second kappa shape index (κ2) is 7.38. The molecule has 1 aliphatic carbocycles. The molecule has 1 rings (SSSR count). The number of hydrogen-bond donors (Lipinski definition) is 2. The lowest BCUT2D eigenvalue weighted by Crippen LogP contribution is -2.38. The van der Waals surface area contributed by atoms with Gasteiger partial charge in [0.2, 0.25) is 0 Å². The van der Waals surface area contributed by atoms with Crippen LogP contribution < -0.4 is 5.32 Å². The van der Waals surface area contributed by atoms with Gasteiger partial charge in [0.25, 0.3) is 0 Å². The highest BCUT2D eigenvalue weighted by Gasteiger charge is 2.48. The van der Waals surface area contributed by atoms with Crippen molar-refractivity contribution < 1.29 is 23.1 Å². The predicted octanol–water partition coefficient (Wildman–Crippen LogP) is 0.105. The summed E-state index contributed by atoms with van der Waals surface area (Å²) in [4.78, 5) is 11.3. The van der Waals surface area contributed by atoms with Gasteiger partial charge in [-0.15, -0.1) is 0 Å². The Morgan fingerprint density at radius 3 is 2.55 bits per heavy atom. The zero-order valence-electron chi connectivity index (χ0n) is 12.2. The topological polar surface area (TPSA) is 92.7 Å². The average molecular weight is 307 g/mol. The maximum atomic E-state index is 12.2. The van der Waals surface area contributed by atoms with Gasteiger partial charge in [0.1, 0.15) is 0 Å². The second-order valence-electron chi connectivity index (χ2n) is 5.57. The molecule has 0 aromatic rings. The summed E-state index contributed by atoms with van der Waals surface area (Å²) in [6.45, 7) is 2.52. The van der Waals surface area contributed by atoms with Crippen LogP contribution >= 0.6 is 0 Å². The van der Waals surface area contributed by atoms with Crippen molar-refractivity contribution in [1.82, 2.24) is 5.32 Å². The molecule has 1 saturated carbocycles. The standard InChI is InChI=1S/C13H25NO5S/c1-3-14-11(4-7-15)9-20(17,18)10-13(5-6-13)8-12(16)19-2/h11,14-15H,3-10H2,1-2H3. The summed E-state index contributed by atoms with van der Waals surface area (Å²) < 4.78 is 29.1. The van der Waals surface area contributed by atoms with Crippen LogP contribution in [0.5, 0.6) is 0 Å². The number of carbonyl (C=O) groups is 1. The number of ether oxygens (including phenoxy) is 1. The van der Waals surface area contributed by atoms with Crippen LogP contribution in [0.3, 0.4) is 0 Å². The van der Waals surface area contributed by atoms with Gasteiger partial charge in [-0.05, 0) is 31.2 Å². The molecule has 1 fully saturated rings. The van der Waals surface area contributed by atoms with Gasteiger partial charge in [0.05, 0.1) is 25.0 Å². The average Bonchev–Trinajstić information content (AvgIpc) is 3.07. The molecule has 20 heavy (non-hydrogen) atoms. The molecule has 6 nitrogen and oxygen atoms in total. The maximum absolute atomic E-state index is 12.2. The van der Waals surface area contributed by atoms with Gasteiger partial charge < -0.3 is 15.2 Å². The molecule has 7 heteroatoms. The summed E-state index contributed by atoms with van der Waals surface area (Å²) in [5, 5.41) is 12.0. The molecular weight excluding hydrogens is 282 g/mol. The normalized spacial score (nSPS) is 18.6. The quantitative estimate of drug-likeness (QED) is 0.556. The molecule has 0 heterocycles. The van der Waals surface area contributed by atoms with E-state index >= 15 is 0 Å². The molecule has 2 N–H and O–H groups in total. The number of nitrogens with one attached hydrogen (secondary N) is 1. The van der Waals surface area contributed by atoms with E-state index in [2.05, 4.69) is 10.1 Å². The second-order valence-corrected chi connectivity index (χ2v) is 7.68. The van der Waals surface area contributed by atoms with Crippen LogP contribution in [0.2, 0.25) is 0 Å². The van der Waals surface area contributed by atoms with Crippen molar-refractivity contribution in [2.45, 2.75) is 38.6 Å². The number of esters is 1. The third kappa shape index (κ3) is 5.76. The predicted molar refractivity (Wildman–Crippen MR) is 76.1 cm³/mol. The lowest BCUT2D eigenvalue weighted by molar-refractivity contribution is -0.141. The number of aliphatic hydroxyl groups is 1. The van der Waals surface area contributed by atoms with Crippen LogP contribution in [0, 0.1) is 5.41 Å². The molecule has 1 atom stereocenters. The zero-order chi connectivity index (χ0) is 15.2. The smallest absolute Gasteiger partial charge is 0.306 e. The highest BCUT2D eigenvalue weighted by molar-refractivity contribution is 7.91. The van der Waals surface area contributed by atoms with Crippen LogP contribution in [0.4, 0.5) is 0 Å². The van der Waals surface area contributed by atoms with E-state index in [1.807, 2.05) is 6.92 Å². The minimum atomic E-state index is -3.26. The van der Waals surface area contributed by atoms with Crippen molar-refractivity contribution in [3.63, 3.8) is 0 Å². The fraction of sp³-hybridized carbons (Fsp3) is 0.923. The van der Waals surface area contributed by atoms with Gasteiger partial charge in [-0.2, -0.15) is 0 Å². The maximum Gasteiger partial charge on any atom is 0.306 e. The lowest BCUT2D eigenvalue weighted by Gasteiger charge is -2.19. The Morgan fingerprint density at radius 2 is 2.10 bits per heavy atom. The fourth-order valence-electron chi connectivity index (χ4n) is 2.45. The van der Waals surface area contributed by atoms with Gasteiger partial charge in [-0.1, -0.05) is 6.92 Å². The Balaban J connectivity index is 2.58. The first-order valence-corrected chi connectivity index (χ1v) is 8.80. The van der Waals surface area contributed by atoms with Crippen LogP contribution in [-0.4, -0.2) is 57.3 Å². The summed E-state index contributed by atoms with van der Waals surface area (Å²) in [6.07, 6.45) is 2.10. The van der Waals surface area contributed by atoms with Crippen LogP contribution in [0.1, 0.15) is 32.6 Å². The summed E-state index contributed by atoms with van der Waals surface area (Å²) in [5.74, 6) is -0.316. The summed E-state index contributed by atoms with van der Waals surface area (Å²) in [6, 6.07) is -0.232. The molecule has 0 aromatic heterocycles. The highest BCUT2D eigenvalue weighted by atomic mass is 32.2. The minimum absolute atomic E-state index is 0.00429. The third-order valence-corrected chi connectivity index (χ3v) is 5.62. The molecule has 0 aliphatic heterocycles. The highest BCUT2D eigenvalue weighted by Crippen LogP contribution is 2.50. The number of sulfone groups is 1. The van der Waals surface area contributed by atoms with E-state index < -0.39 is 15.3 Å². The van der Waals surface area contributed by atoms with Crippen molar-refractivity contribution in [3.05, 3.63) is 0 Å². The van der Waals surface area contributed by atoms with Crippen molar-refractivity contribution >= 4 is 15.8 Å². The molecule has 0 aromatic carbocycles. The van der Waals surface area contributed by atoms with E-state index in [-0.39, 0.29) is 36.5 Å². The first kappa shape index (κ1) is 17.4. The Labute approximate surface area is 120 Å².